The van der Waals surface area contributed by atoms with Crippen molar-refractivity contribution in [1.29, 1.82) is 0 Å². The highest BCUT2D eigenvalue weighted by molar-refractivity contribution is 7.98. The number of hydrogen-bond donors (Lipinski definition) is 0. The Bertz CT molecular complexity index is 1180. The van der Waals surface area contributed by atoms with Gasteiger partial charge in [-0.3, -0.25) is 14.3 Å². The summed E-state index contributed by atoms with van der Waals surface area (Å²) >= 11 is 3.03. The predicted molar refractivity (Wildman–Crippen MR) is 113 cm³/mol. The Morgan fingerprint density at radius 1 is 1.14 bits per heavy atom. The summed E-state index contributed by atoms with van der Waals surface area (Å²) in [6, 6.07) is 10.2. The standard InChI is InChI=1S/C21H18FN3OS2/c1-13-14(2)28-19-18(13)20(26)25(11-16-4-3-9-23-10-16)21(24-19)27-12-15-5-7-17(22)8-6-15/h3-10H,11-12H2,1-2H3. The maximum absolute atomic E-state index is 13.3. The first kappa shape index (κ1) is 18.8. The van der Waals surface area contributed by atoms with Crippen LogP contribution in [0, 0.1) is 19.7 Å². The number of thiophene rings is 1. The van der Waals surface area contributed by atoms with Crippen LogP contribution in [0.1, 0.15) is 21.6 Å². The first-order chi connectivity index (χ1) is 13.5. The van der Waals surface area contributed by atoms with Gasteiger partial charge >= 0.3 is 0 Å². The average molecular weight is 412 g/mol. The molecule has 0 spiro atoms. The fourth-order valence-electron chi connectivity index (χ4n) is 2.96. The van der Waals surface area contributed by atoms with E-state index in [1.807, 2.05) is 26.0 Å². The minimum atomic E-state index is -0.258. The van der Waals surface area contributed by atoms with E-state index in [1.54, 1.807) is 40.4 Å². The fourth-order valence-corrected chi connectivity index (χ4v) is 4.99. The Hall–Kier alpha value is -2.51. The smallest absolute Gasteiger partial charge is 0.263 e. The van der Waals surface area contributed by atoms with Gasteiger partial charge in [-0.25, -0.2) is 9.37 Å². The zero-order chi connectivity index (χ0) is 19.7. The van der Waals surface area contributed by atoms with E-state index in [2.05, 4.69) is 4.98 Å². The average Bonchev–Trinajstić information content (AvgIpc) is 2.98. The van der Waals surface area contributed by atoms with Crippen LogP contribution in [-0.4, -0.2) is 14.5 Å². The molecule has 4 rings (SSSR count). The molecule has 142 valence electrons. The van der Waals surface area contributed by atoms with Crippen molar-refractivity contribution in [3.05, 3.63) is 86.5 Å². The number of pyridine rings is 1. The molecule has 3 aromatic heterocycles. The summed E-state index contributed by atoms with van der Waals surface area (Å²) in [5.74, 6) is 0.348. The van der Waals surface area contributed by atoms with Crippen molar-refractivity contribution in [1.82, 2.24) is 14.5 Å². The largest absolute Gasteiger partial charge is 0.282 e. The van der Waals surface area contributed by atoms with Crippen LogP contribution in [0.15, 0.2) is 58.7 Å². The summed E-state index contributed by atoms with van der Waals surface area (Å²) in [5, 5.41) is 1.35. The summed E-state index contributed by atoms with van der Waals surface area (Å²) in [7, 11) is 0. The number of nitrogens with zero attached hydrogens (tertiary/aromatic N) is 3. The molecule has 0 saturated heterocycles. The highest BCUT2D eigenvalue weighted by atomic mass is 32.2. The Labute approximate surface area is 170 Å². The number of benzene rings is 1. The van der Waals surface area contributed by atoms with Gasteiger partial charge in [0.15, 0.2) is 5.16 Å². The van der Waals surface area contributed by atoms with Gasteiger partial charge in [0.25, 0.3) is 5.56 Å². The lowest BCUT2D eigenvalue weighted by atomic mass is 10.2. The van der Waals surface area contributed by atoms with Crippen LogP contribution in [0.3, 0.4) is 0 Å². The third kappa shape index (κ3) is 3.72. The lowest BCUT2D eigenvalue weighted by Gasteiger charge is -2.12. The number of hydrogen-bond acceptors (Lipinski definition) is 5. The van der Waals surface area contributed by atoms with E-state index < -0.39 is 0 Å². The van der Waals surface area contributed by atoms with Crippen LogP contribution in [0.25, 0.3) is 10.2 Å². The molecule has 0 amide bonds. The third-order valence-electron chi connectivity index (χ3n) is 4.60. The lowest BCUT2D eigenvalue weighted by Crippen LogP contribution is -2.24. The SMILES string of the molecule is Cc1sc2nc(SCc3ccc(F)cc3)n(Cc3cccnc3)c(=O)c2c1C. The van der Waals surface area contributed by atoms with E-state index in [-0.39, 0.29) is 11.4 Å². The first-order valence-corrected chi connectivity index (χ1v) is 10.6. The molecular formula is C21H18FN3OS2. The summed E-state index contributed by atoms with van der Waals surface area (Å²) in [4.78, 5) is 24.1. The maximum atomic E-state index is 13.3. The fraction of sp³-hybridized carbons (Fsp3) is 0.190. The van der Waals surface area contributed by atoms with Gasteiger partial charge in [0.05, 0.1) is 11.9 Å². The number of halogens is 1. The van der Waals surface area contributed by atoms with Crippen LogP contribution in [0.2, 0.25) is 0 Å². The summed E-state index contributed by atoms with van der Waals surface area (Å²) < 4.78 is 14.9. The van der Waals surface area contributed by atoms with Crippen molar-refractivity contribution >= 4 is 33.3 Å². The van der Waals surface area contributed by atoms with Crippen molar-refractivity contribution in [3.63, 3.8) is 0 Å². The second kappa shape index (κ2) is 7.85. The molecule has 3 heterocycles. The molecule has 0 N–H and O–H groups in total. The van der Waals surface area contributed by atoms with E-state index >= 15 is 0 Å². The topological polar surface area (TPSA) is 47.8 Å². The molecule has 0 aliphatic rings. The van der Waals surface area contributed by atoms with Gasteiger partial charge in [0.1, 0.15) is 10.6 Å². The predicted octanol–water partition coefficient (Wildman–Crippen LogP) is 4.95. The van der Waals surface area contributed by atoms with E-state index in [4.69, 9.17) is 4.98 Å². The Balaban J connectivity index is 1.77. The minimum absolute atomic E-state index is 0.0303. The number of thioether (sulfide) groups is 1. The molecule has 4 aromatic rings. The molecule has 0 fully saturated rings. The molecule has 0 aliphatic heterocycles. The maximum Gasteiger partial charge on any atom is 0.263 e. The molecule has 1 aromatic carbocycles. The zero-order valence-corrected chi connectivity index (χ0v) is 17.1. The van der Waals surface area contributed by atoms with Crippen molar-refractivity contribution in [2.45, 2.75) is 31.3 Å². The molecule has 0 aliphatic carbocycles. The van der Waals surface area contributed by atoms with E-state index in [9.17, 15) is 9.18 Å². The van der Waals surface area contributed by atoms with Gasteiger partial charge in [0, 0.05) is 23.0 Å². The van der Waals surface area contributed by atoms with Crippen LogP contribution < -0.4 is 5.56 Å². The third-order valence-corrected chi connectivity index (χ3v) is 6.75. The molecule has 0 unspecified atom stereocenters. The summed E-state index contributed by atoms with van der Waals surface area (Å²) in [6.45, 7) is 4.39. The Morgan fingerprint density at radius 2 is 1.93 bits per heavy atom. The van der Waals surface area contributed by atoms with Crippen LogP contribution in [0.5, 0.6) is 0 Å². The highest BCUT2D eigenvalue weighted by Gasteiger charge is 2.17. The number of aromatic nitrogens is 3. The number of rotatable bonds is 5. The lowest BCUT2D eigenvalue weighted by molar-refractivity contribution is 0.627. The van der Waals surface area contributed by atoms with Crippen molar-refractivity contribution in [2.24, 2.45) is 0 Å². The van der Waals surface area contributed by atoms with Gasteiger partial charge in [-0.1, -0.05) is 30.0 Å². The minimum Gasteiger partial charge on any atom is -0.282 e. The van der Waals surface area contributed by atoms with Crippen LogP contribution in [0.4, 0.5) is 4.39 Å². The van der Waals surface area contributed by atoms with Crippen molar-refractivity contribution < 1.29 is 4.39 Å². The highest BCUT2D eigenvalue weighted by Crippen LogP contribution is 2.29. The number of fused-ring (bicyclic) bond motifs is 1. The second-order valence-corrected chi connectivity index (χ2v) is 8.67. The molecule has 4 nitrogen and oxygen atoms in total. The van der Waals surface area contributed by atoms with Crippen molar-refractivity contribution in [3.8, 4) is 0 Å². The summed E-state index contributed by atoms with van der Waals surface area (Å²) in [6.07, 6.45) is 3.47. The molecule has 7 heteroatoms. The van der Waals surface area contributed by atoms with Gasteiger partial charge in [0.2, 0.25) is 0 Å². The Morgan fingerprint density at radius 3 is 2.64 bits per heavy atom. The molecule has 0 radical (unpaired) electrons. The van der Waals surface area contributed by atoms with Gasteiger partial charge < -0.3 is 0 Å². The van der Waals surface area contributed by atoms with E-state index in [0.29, 0.717) is 22.8 Å². The number of aryl methyl sites for hydroxylation is 2. The summed E-state index contributed by atoms with van der Waals surface area (Å²) in [5.41, 5.74) is 2.89. The van der Waals surface area contributed by atoms with Crippen LogP contribution in [-0.2, 0) is 12.3 Å². The molecule has 0 saturated carbocycles. The molecule has 0 atom stereocenters. The Kier molecular flexibility index (Phi) is 5.28. The second-order valence-electron chi connectivity index (χ2n) is 6.53. The van der Waals surface area contributed by atoms with E-state index in [0.717, 1.165) is 26.4 Å². The van der Waals surface area contributed by atoms with Crippen LogP contribution >= 0.6 is 23.1 Å². The van der Waals surface area contributed by atoms with Gasteiger partial charge in [-0.05, 0) is 48.7 Å². The molecule has 0 bridgehead atoms. The van der Waals surface area contributed by atoms with Crippen molar-refractivity contribution in [2.75, 3.05) is 0 Å². The quantitative estimate of drug-likeness (QED) is 0.344. The normalized spacial score (nSPS) is 11.2. The molecule has 28 heavy (non-hydrogen) atoms. The monoisotopic (exact) mass is 411 g/mol. The van der Waals surface area contributed by atoms with E-state index in [1.165, 1.54) is 23.9 Å². The van der Waals surface area contributed by atoms with Gasteiger partial charge in [-0.2, -0.15) is 0 Å². The zero-order valence-electron chi connectivity index (χ0n) is 15.5. The molecular weight excluding hydrogens is 393 g/mol. The van der Waals surface area contributed by atoms with Gasteiger partial charge in [-0.15, -0.1) is 11.3 Å². The first-order valence-electron chi connectivity index (χ1n) is 8.79.